The lowest BCUT2D eigenvalue weighted by Crippen LogP contribution is -2.22. The van der Waals surface area contributed by atoms with Gasteiger partial charge < -0.3 is 5.32 Å². The number of nitrogens with zero attached hydrogens (tertiary/aromatic N) is 2. The SMILES string of the molecule is Cc1nn(C)c(SCCC(C)C)c1CNC(C)C. The summed E-state index contributed by atoms with van der Waals surface area (Å²) in [5.74, 6) is 1.94. The van der Waals surface area contributed by atoms with Gasteiger partial charge in [-0.15, -0.1) is 11.8 Å². The highest BCUT2D eigenvalue weighted by Gasteiger charge is 2.13. The second kappa shape index (κ2) is 7.19. The molecule has 0 aliphatic carbocycles. The van der Waals surface area contributed by atoms with Crippen LogP contribution in [-0.2, 0) is 13.6 Å². The predicted octanol–water partition coefficient (Wildman–Crippen LogP) is 3.36. The number of aryl methyl sites for hydroxylation is 2. The summed E-state index contributed by atoms with van der Waals surface area (Å²) in [5, 5.41) is 9.35. The van der Waals surface area contributed by atoms with E-state index in [1.54, 1.807) is 0 Å². The summed E-state index contributed by atoms with van der Waals surface area (Å²) in [6.07, 6.45) is 1.26. The van der Waals surface area contributed by atoms with Crippen molar-refractivity contribution < 1.29 is 0 Å². The van der Waals surface area contributed by atoms with Gasteiger partial charge in [0.2, 0.25) is 0 Å². The van der Waals surface area contributed by atoms with Gasteiger partial charge in [0.1, 0.15) is 0 Å². The van der Waals surface area contributed by atoms with Crippen molar-refractivity contribution >= 4 is 11.8 Å². The fourth-order valence-electron chi connectivity index (χ4n) is 1.76. The van der Waals surface area contributed by atoms with Crippen LogP contribution in [0.3, 0.4) is 0 Å². The zero-order valence-corrected chi connectivity index (χ0v) is 13.4. The van der Waals surface area contributed by atoms with Crippen LogP contribution in [0.4, 0.5) is 0 Å². The van der Waals surface area contributed by atoms with E-state index in [0.29, 0.717) is 6.04 Å². The highest BCUT2D eigenvalue weighted by atomic mass is 32.2. The smallest absolute Gasteiger partial charge is 0.0984 e. The molecule has 0 amide bonds. The number of nitrogens with one attached hydrogen (secondary N) is 1. The summed E-state index contributed by atoms with van der Waals surface area (Å²) < 4.78 is 2.03. The Hall–Kier alpha value is -0.480. The Labute approximate surface area is 116 Å². The van der Waals surface area contributed by atoms with E-state index < -0.39 is 0 Å². The van der Waals surface area contributed by atoms with Crippen molar-refractivity contribution in [3.05, 3.63) is 11.3 Å². The summed E-state index contributed by atoms with van der Waals surface area (Å²) >= 11 is 1.93. The Kier molecular flexibility index (Phi) is 6.22. The van der Waals surface area contributed by atoms with Crippen LogP contribution in [0.25, 0.3) is 0 Å². The predicted molar refractivity (Wildman–Crippen MR) is 80.1 cm³/mol. The molecule has 1 aromatic heterocycles. The van der Waals surface area contributed by atoms with Crippen LogP contribution < -0.4 is 5.32 Å². The average Bonchev–Trinajstić information content (AvgIpc) is 2.50. The Morgan fingerprint density at radius 1 is 1.28 bits per heavy atom. The zero-order chi connectivity index (χ0) is 13.7. The van der Waals surface area contributed by atoms with Crippen LogP contribution in [0, 0.1) is 12.8 Å². The third kappa shape index (κ3) is 4.65. The Morgan fingerprint density at radius 2 is 1.94 bits per heavy atom. The van der Waals surface area contributed by atoms with Crippen molar-refractivity contribution in [1.29, 1.82) is 0 Å². The first kappa shape index (κ1) is 15.6. The lowest BCUT2D eigenvalue weighted by Gasteiger charge is -2.10. The largest absolute Gasteiger partial charge is 0.310 e. The van der Waals surface area contributed by atoms with Crippen LogP contribution in [0.5, 0.6) is 0 Å². The Bertz CT molecular complexity index is 369. The molecular weight excluding hydrogens is 242 g/mol. The monoisotopic (exact) mass is 269 g/mol. The van der Waals surface area contributed by atoms with Gasteiger partial charge in [-0.25, -0.2) is 0 Å². The lowest BCUT2D eigenvalue weighted by molar-refractivity contribution is 0.579. The summed E-state index contributed by atoms with van der Waals surface area (Å²) in [4.78, 5) is 0. The van der Waals surface area contributed by atoms with Crippen molar-refractivity contribution in [2.75, 3.05) is 5.75 Å². The van der Waals surface area contributed by atoms with Crippen LogP contribution >= 0.6 is 11.8 Å². The molecule has 0 aliphatic rings. The van der Waals surface area contributed by atoms with Gasteiger partial charge in [-0.1, -0.05) is 27.7 Å². The standard InChI is InChI=1S/C14H27N3S/c1-10(2)7-8-18-14-13(9-15-11(3)4)12(5)16-17(14)6/h10-11,15H,7-9H2,1-6H3. The summed E-state index contributed by atoms with van der Waals surface area (Å²) in [5.41, 5.74) is 2.51. The maximum absolute atomic E-state index is 4.54. The van der Waals surface area contributed by atoms with Crippen LogP contribution in [-0.4, -0.2) is 21.6 Å². The molecule has 18 heavy (non-hydrogen) atoms. The van der Waals surface area contributed by atoms with Gasteiger partial charge in [0.15, 0.2) is 0 Å². The molecule has 0 fully saturated rings. The van der Waals surface area contributed by atoms with Crippen molar-refractivity contribution in [2.24, 2.45) is 13.0 Å². The van der Waals surface area contributed by atoms with E-state index in [1.165, 1.54) is 22.8 Å². The summed E-state index contributed by atoms with van der Waals surface area (Å²) in [6.45, 7) is 11.9. The molecule has 4 heteroatoms. The van der Waals surface area contributed by atoms with E-state index in [1.807, 2.05) is 23.5 Å². The minimum Gasteiger partial charge on any atom is -0.310 e. The topological polar surface area (TPSA) is 29.9 Å². The molecule has 3 nitrogen and oxygen atoms in total. The first-order valence-corrected chi connectivity index (χ1v) is 7.79. The second-order valence-electron chi connectivity index (χ2n) is 5.56. The molecule has 1 N–H and O–H groups in total. The van der Waals surface area contributed by atoms with E-state index in [0.717, 1.165) is 18.2 Å². The maximum atomic E-state index is 4.54. The minimum absolute atomic E-state index is 0.512. The van der Waals surface area contributed by atoms with Crippen molar-refractivity contribution in [1.82, 2.24) is 15.1 Å². The third-order valence-corrected chi connectivity index (χ3v) is 4.13. The van der Waals surface area contributed by atoms with Crippen LogP contribution in [0.15, 0.2) is 5.03 Å². The molecule has 0 aliphatic heterocycles. The van der Waals surface area contributed by atoms with Gasteiger partial charge in [-0.3, -0.25) is 4.68 Å². The summed E-state index contributed by atoms with van der Waals surface area (Å²) in [7, 11) is 2.05. The van der Waals surface area contributed by atoms with Gasteiger partial charge in [0.25, 0.3) is 0 Å². The molecule has 1 rings (SSSR count). The quantitative estimate of drug-likeness (QED) is 0.770. The van der Waals surface area contributed by atoms with Gasteiger partial charge in [-0.2, -0.15) is 5.10 Å². The van der Waals surface area contributed by atoms with E-state index in [2.05, 4.69) is 45.0 Å². The first-order chi connectivity index (χ1) is 8.41. The van der Waals surface area contributed by atoms with Crippen molar-refractivity contribution in [3.8, 4) is 0 Å². The van der Waals surface area contributed by atoms with Gasteiger partial charge in [-0.05, 0) is 25.0 Å². The third-order valence-electron chi connectivity index (χ3n) is 2.91. The van der Waals surface area contributed by atoms with Gasteiger partial charge in [0, 0.05) is 25.2 Å². The zero-order valence-electron chi connectivity index (χ0n) is 12.6. The Balaban J connectivity index is 2.69. The van der Waals surface area contributed by atoms with Crippen LogP contribution in [0.2, 0.25) is 0 Å². The maximum Gasteiger partial charge on any atom is 0.0984 e. The number of hydrogen-bond acceptors (Lipinski definition) is 3. The highest BCUT2D eigenvalue weighted by Crippen LogP contribution is 2.26. The van der Waals surface area contributed by atoms with Gasteiger partial charge in [0.05, 0.1) is 10.7 Å². The minimum atomic E-state index is 0.512. The second-order valence-corrected chi connectivity index (χ2v) is 6.64. The first-order valence-electron chi connectivity index (χ1n) is 6.80. The van der Waals surface area contributed by atoms with E-state index in [4.69, 9.17) is 0 Å². The molecule has 1 heterocycles. The molecule has 0 atom stereocenters. The average molecular weight is 269 g/mol. The van der Waals surface area contributed by atoms with Crippen molar-refractivity contribution in [3.63, 3.8) is 0 Å². The molecule has 0 saturated carbocycles. The van der Waals surface area contributed by atoms with Gasteiger partial charge >= 0.3 is 0 Å². The van der Waals surface area contributed by atoms with E-state index in [-0.39, 0.29) is 0 Å². The molecule has 0 bridgehead atoms. The van der Waals surface area contributed by atoms with E-state index >= 15 is 0 Å². The molecule has 1 aromatic rings. The van der Waals surface area contributed by atoms with Crippen LogP contribution in [0.1, 0.15) is 45.4 Å². The van der Waals surface area contributed by atoms with Crippen molar-refractivity contribution in [2.45, 2.75) is 58.7 Å². The van der Waals surface area contributed by atoms with E-state index in [9.17, 15) is 0 Å². The fourth-order valence-corrected chi connectivity index (χ4v) is 3.17. The molecule has 0 spiro atoms. The number of aromatic nitrogens is 2. The molecule has 0 aromatic carbocycles. The molecule has 0 radical (unpaired) electrons. The summed E-state index contributed by atoms with van der Waals surface area (Å²) in [6, 6.07) is 0.512. The Morgan fingerprint density at radius 3 is 2.50 bits per heavy atom. The number of thioether (sulfide) groups is 1. The molecule has 0 saturated heterocycles. The number of rotatable bonds is 7. The highest BCUT2D eigenvalue weighted by molar-refractivity contribution is 7.99. The molecule has 104 valence electrons. The molecular formula is C14H27N3S. The normalized spacial score (nSPS) is 11.8. The lowest BCUT2D eigenvalue weighted by atomic mass is 10.2. The number of hydrogen-bond donors (Lipinski definition) is 1. The molecule has 0 unspecified atom stereocenters. The fraction of sp³-hybridized carbons (Fsp3) is 0.786.